The minimum Gasteiger partial charge on any atom is -0.383 e. The molecule has 1 atom stereocenters. The third-order valence-electron chi connectivity index (χ3n) is 5.86. The topological polar surface area (TPSA) is 62.2 Å². The van der Waals surface area contributed by atoms with E-state index in [4.69, 9.17) is 4.74 Å². The Morgan fingerprint density at radius 3 is 2.46 bits per heavy atom. The third-order valence-corrected chi connectivity index (χ3v) is 6.83. The molecular formula is C26H23F4N3O3S. The molecule has 1 aliphatic heterocycles. The van der Waals surface area contributed by atoms with Crippen LogP contribution in [0.1, 0.15) is 38.8 Å². The lowest BCUT2D eigenvalue weighted by Gasteiger charge is -2.26. The van der Waals surface area contributed by atoms with E-state index in [1.165, 1.54) is 34.4 Å². The second-order valence-corrected chi connectivity index (χ2v) is 9.27. The number of methoxy groups -OCH3 is 1. The zero-order valence-electron chi connectivity index (χ0n) is 19.7. The normalized spacial score (nSPS) is 15.5. The van der Waals surface area contributed by atoms with Gasteiger partial charge >= 0.3 is 6.18 Å². The van der Waals surface area contributed by atoms with Gasteiger partial charge in [-0.2, -0.15) is 18.3 Å². The van der Waals surface area contributed by atoms with Gasteiger partial charge in [-0.1, -0.05) is 24.3 Å². The predicted octanol–water partition coefficient (Wildman–Crippen LogP) is 5.37. The van der Waals surface area contributed by atoms with Crippen LogP contribution in [0.25, 0.3) is 0 Å². The Hall–Kier alpha value is -3.57. The third kappa shape index (κ3) is 6.05. The van der Waals surface area contributed by atoms with E-state index >= 15 is 0 Å². The van der Waals surface area contributed by atoms with Crippen LogP contribution < -0.4 is 0 Å². The number of hydrazone groups is 1. The van der Waals surface area contributed by atoms with Crippen LogP contribution in [0.2, 0.25) is 0 Å². The smallest absolute Gasteiger partial charge is 0.383 e. The van der Waals surface area contributed by atoms with Crippen molar-refractivity contribution in [2.45, 2.75) is 18.6 Å². The molecule has 3 aromatic rings. The van der Waals surface area contributed by atoms with Gasteiger partial charge in [0.2, 0.25) is 0 Å². The Kier molecular flexibility index (Phi) is 8.03. The van der Waals surface area contributed by atoms with Gasteiger partial charge in [0.15, 0.2) is 0 Å². The number of hydrogen-bond acceptors (Lipinski definition) is 5. The molecule has 6 nitrogen and oxygen atoms in total. The molecule has 0 saturated carbocycles. The van der Waals surface area contributed by atoms with Gasteiger partial charge in [-0.15, -0.1) is 11.3 Å². The van der Waals surface area contributed by atoms with Gasteiger partial charge in [-0.25, -0.2) is 9.40 Å². The molecule has 0 unspecified atom stereocenters. The largest absolute Gasteiger partial charge is 0.416 e. The summed E-state index contributed by atoms with van der Waals surface area (Å²) in [5.74, 6) is -1.59. The number of halogens is 4. The van der Waals surface area contributed by atoms with Gasteiger partial charge in [-0.05, 0) is 41.8 Å². The molecule has 0 radical (unpaired) electrons. The highest BCUT2D eigenvalue weighted by Crippen LogP contribution is 2.36. The molecule has 2 aromatic carbocycles. The zero-order valence-corrected chi connectivity index (χ0v) is 20.6. The van der Waals surface area contributed by atoms with E-state index in [1.54, 1.807) is 18.2 Å². The van der Waals surface area contributed by atoms with E-state index in [2.05, 4.69) is 5.10 Å². The van der Waals surface area contributed by atoms with Crippen LogP contribution in [-0.2, 0) is 15.7 Å². The molecule has 0 aliphatic carbocycles. The molecule has 0 fully saturated rings. The maximum atomic E-state index is 14.5. The summed E-state index contributed by atoms with van der Waals surface area (Å²) in [7, 11) is 1.43. The Balaban J connectivity index is 1.59. The summed E-state index contributed by atoms with van der Waals surface area (Å²) in [5.41, 5.74) is -0.183. The molecule has 2 heterocycles. The van der Waals surface area contributed by atoms with Crippen LogP contribution in [0.4, 0.5) is 17.6 Å². The van der Waals surface area contributed by atoms with Crippen molar-refractivity contribution in [3.63, 3.8) is 0 Å². The highest BCUT2D eigenvalue weighted by molar-refractivity contribution is 7.10. The summed E-state index contributed by atoms with van der Waals surface area (Å²) in [6, 6.07) is 13.2. The van der Waals surface area contributed by atoms with E-state index in [-0.39, 0.29) is 37.2 Å². The zero-order chi connectivity index (χ0) is 26.6. The monoisotopic (exact) mass is 533 g/mol. The SMILES string of the molecule is COCCN(CC(=O)N1N=C(c2ccccc2F)C[C@H]1c1cccs1)C(=O)c1ccc(C(F)(F)F)cc1. The van der Waals surface area contributed by atoms with Crippen molar-refractivity contribution in [2.24, 2.45) is 5.10 Å². The molecule has 0 spiro atoms. The van der Waals surface area contributed by atoms with Crippen LogP contribution in [-0.4, -0.2) is 54.2 Å². The van der Waals surface area contributed by atoms with Gasteiger partial charge in [-0.3, -0.25) is 9.59 Å². The quantitative estimate of drug-likeness (QED) is 0.366. The van der Waals surface area contributed by atoms with Crippen molar-refractivity contribution in [3.05, 3.63) is 93.4 Å². The number of carbonyl (C=O) groups is 2. The minimum atomic E-state index is -4.53. The molecular weight excluding hydrogens is 510 g/mol. The summed E-state index contributed by atoms with van der Waals surface area (Å²) in [6.45, 7) is -0.250. The first-order chi connectivity index (χ1) is 17.7. The second-order valence-electron chi connectivity index (χ2n) is 8.29. The van der Waals surface area contributed by atoms with Crippen molar-refractivity contribution in [1.82, 2.24) is 9.91 Å². The Labute approximate surface area is 214 Å². The number of rotatable bonds is 8. The minimum absolute atomic E-state index is 0.00341. The van der Waals surface area contributed by atoms with Gasteiger partial charge in [0.25, 0.3) is 11.8 Å². The Bertz CT molecular complexity index is 1280. The number of thiophene rings is 1. The van der Waals surface area contributed by atoms with Crippen molar-refractivity contribution in [3.8, 4) is 0 Å². The lowest BCUT2D eigenvalue weighted by atomic mass is 10.0. The van der Waals surface area contributed by atoms with Crippen molar-refractivity contribution in [1.29, 1.82) is 0 Å². The average Bonchev–Trinajstić information content (AvgIpc) is 3.56. The van der Waals surface area contributed by atoms with E-state index in [1.807, 2.05) is 17.5 Å². The van der Waals surface area contributed by atoms with Crippen LogP contribution in [0.15, 0.2) is 71.1 Å². The van der Waals surface area contributed by atoms with Crippen LogP contribution in [0.3, 0.4) is 0 Å². The summed E-state index contributed by atoms with van der Waals surface area (Å²) in [4.78, 5) is 28.6. The Morgan fingerprint density at radius 2 is 1.84 bits per heavy atom. The molecule has 2 amide bonds. The fourth-order valence-electron chi connectivity index (χ4n) is 3.97. The number of benzene rings is 2. The standard InChI is InChI=1S/C26H23F4N3O3S/c1-36-13-12-32(25(35)17-8-10-18(11-9-17)26(28,29)30)16-24(34)33-22(23-7-4-14-37-23)15-21(31-33)19-5-2-3-6-20(19)27/h2-11,14,22H,12-13,15-16H2,1H3/t22-/m0/s1. The maximum absolute atomic E-state index is 14.5. The molecule has 4 rings (SSSR count). The molecule has 1 aromatic heterocycles. The molecule has 1 aliphatic rings. The summed E-state index contributed by atoms with van der Waals surface area (Å²) < 4.78 is 58.3. The van der Waals surface area contributed by atoms with Crippen molar-refractivity contribution < 1.29 is 31.9 Å². The van der Waals surface area contributed by atoms with Gasteiger partial charge in [0.1, 0.15) is 12.4 Å². The molecule has 194 valence electrons. The number of hydrogen-bond donors (Lipinski definition) is 0. The number of ether oxygens (including phenoxy) is 1. The van der Waals surface area contributed by atoms with Crippen LogP contribution in [0.5, 0.6) is 0 Å². The first-order valence-electron chi connectivity index (χ1n) is 11.3. The lowest BCUT2D eigenvalue weighted by molar-refractivity contribution is -0.137. The predicted molar refractivity (Wildman–Crippen MR) is 131 cm³/mol. The molecule has 0 bridgehead atoms. The number of carbonyl (C=O) groups excluding carboxylic acids is 2. The maximum Gasteiger partial charge on any atom is 0.416 e. The Morgan fingerprint density at radius 1 is 1.11 bits per heavy atom. The van der Waals surface area contributed by atoms with Crippen LogP contribution >= 0.6 is 11.3 Å². The second kappa shape index (κ2) is 11.2. The van der Waals surface area contributed by atoms with Crippen LogP contribution in [0, 0.1) is 5.82 Å². The highest BCUT2D eigenvalue weighted by atomic mass is 32.1. The molecule has 37 heavy (non-hydrogen) atoms. The van der Waals surface area contributed by atoms with Crippen molar-refractivity contribution in [2.75, 3.05) is 26.8 Å². The van der Waals surface area contributed by atoms with Gasteiger partial charge in [0.05, 0.1) is 23.9 Å². The first kappa shape index (κ1) is 26.5. The number of amides is 2. The first-order valence-corrected chi connectivity index (χ1v) is 12.2. The van der Waals surface area contributed by atoms with E-state index in [0.29, 0.717) is 5.71 Å². The average molecular weight is 534 g/mol. The lowest BCUT2D eigenvalue weighted by Crippen LogP contribution is -2.42. The van der Waals surface area contributed by atoms with Gasteiger partial charge < -0.3 is 9.64 Å². The highest BCUT2D eigenvalue weighted by Gasteiger charge is 2.36. The summed E-state index contributed by atoms with van der Waals surface area (Å²) in [5, 5.41) is 7.55. The van der Waals surface area contributed by atoms with Gasteiger partial charge in [0, 0.05) is 36.1 Å². The van der Waals surface area contributed by atoms with Crippen molar-refractivity contribution >= 4 is 28.9 Å². The van der Waals surface area contributed by atoms with E-state index in [9.17, 15) is 27.2 Å². The van der Waals surface area contributed by atoms with E-state index in [0.717, 1.165) is 29.1 Å². The fraction of sp³-hybridized carbons (Fsp3) is 0.269. The van der Waals surface area contributed by atoms with E-state index < -0.39 is 35.4 Å². The number of nitrogens with zero attached hydrogens (tertiary/aromatic N) is 3. The molecule has 11 heteroatoms. The summed E-state index contributed by atoms with van der Waals surface area (Å²) >= 11 is 1.43. The molecule has 0 saturated heterocycles. The fourth-order valence-corrected chi connectivity index (χ4v) is 4.79. The summed E-state index contributed by atoms with van der Waals surface area (Å²) in [6.07, 6.45) is -4.24. The molecule has 0 N–H and O–H groups in total. The number of alkyl halides is 3.